The maximum Gasteiger partial charge on any atom is -0.0440 e. The summed E-state index contributed by atoms with van der Waals surface area (Å²) in [5, 5.41) is 0. The fraction of sp³-hybridized carbons (Fsp3) is 1.00. The van der Waals surface area contributed by atoms with Crippen LogP contribution in [0.25, 0.3) is 0 Å². The topological polar surface area (TPSA) is 0 Å². The van der Waals surface area contributed by atoms with Gasteiger partial charge in [-0.3, -0.25) is 0 Å². The molecule has 0 spiro atoms. The molecule has 0 saturated heterocycles. The van der Waals surface area contributed by atoms with Crippen LogP contribution < -0.4 is 0 Å². The van der Waals surface area contributed by atoms with Gasteiger partial charge in [-0.05, 0) is 18.3 Å². The SMILES string of the molecule is CC.CC1CCC(C)C1.CCC. The molecule has 0 aliphatic heterocycles. The Hall–Kier alpha value is 0. The molecule has 0 heterocycles. The lowest BCUT2D eigenvalue weighted by Gasteiger charge is -1.96. The molecule has 1 saturated carbocycles. The monoisotopic (exact) mass is 172 g/mol. The summed E-state index contributed by atoms with van der Waals surface area (Å²) < 4.78 is 0. The Morgan fingerprint density at radius 3 is 1.25 bits per heavy atom. The molecule has 0 radical (unpaired) electrons. The lowest BCUT2D eigenvalue weighted by atomic mass is 10.1. The van der Waals surface area contributed by atoms with Gasteiger partial charge in [0.2, 0.25) is 0 Å². The van der Waals surface area contributed by atoms with Gasteiger partial charge >= 0.3 is 0 Å². The molecule has 76 valence electrons. The zero-order valence-corrected chi connectivity index (χ0v) is 9.98. The minimum atomic E-state index is 1.02. The molecule has 1 aliphatic rings. The van der Waals surface area contributed by atoms with Crippen LogP contribution in [0, 0.1) is 11.8 Å². The van der Waals surface area contributed by atoms with Crippen molar-refractivity contribution in [3.8, 4) is 0 Å². The molecule has 1 fully saturated rings. The molecule has 0 amide bonds. The Balaban J connectivity index is 0. The van der Waals surface area contributed by atoms with Crippen LogP contribution >= 0.6 is 0 Å². The van der Waals surface area contributed by atoms with E-state index in [1.807, 2.05) is 13.8 Å². The van der Waals surface area contributed by atoms with Gasteiger partial charge in [0, 0.05) is 0 Å². The van der Waals surface area contributed by atoms with Crippen LogP contribution in [0.5, 0.6) is 0 Å². The normalized spacial score (nSPS) is 26.5. The van der Waals surface area contributed by atoms with Crippen molar-refractivity contribution < 1.29 is 0 Å². The molecule has 1 rings (SSSR count). The molecular weight excluding hydrogens is 144 g/mol. The predicted octanol–water partition coefficient (Wildman–Crippen LogP) is 4.89. The quantitative estimate of drug-likeness (QED) is 0.488. The lowest BCUT2D eigenvalue weighted by Crippen LogP contribution is -1.84. The average molecular weight is 172 g/mol. The molecule has 0 aromatic heterocycles. The van der Waals surface area contributed by atoms with Gasteiger partial charge in [-0.25, -0.2) is 0 Å². The van der Waals surface area contributed by atoms with Gasteiger partial charge in [0.05, 0.1) is 0 Å². The Labute approximate surface area is 79.8 Å². The van der Waals surface area contributed by atoms with Crippen LogP contribution in [-0.2, 0) is 0 Å². The Bertz CT molecular complexity index is 58.4. The van der Waals surface area contributed by atoms with Crippen LogP contribution in [-0.4, -0.2) is 0 Å². The highest BCUT2D eigenvalue weighted by Crippen LogP contribution is 2.29. The molecule has 2 unspecified atom stereocenters. The first-order valence-electron chi connectivity index (χ1n) is 5.70. The molecule has 0 aromatic carbocycles. The van der Waals surface area contributed by atoms with E-state index in [2.05, 4.69) is 27.7 Å². The van der Waals surface area contributed by atoms with Gasteiger partial charge in [-0.1, -0.05) is 60.8 Å². The number of hydrogen-bond donors (Lipinski definition) is 0. The molecule has 2 atom stereocenters. The fourth-order valence-corrected chi connectivity index (χ4v) is 1.49. The van der Waals surface area contributed by atoms with E-state index < -0.39 is 0 Å². The van der Waals surface area contributed by atoms with Gasteiger partial charge in [0.1, 0.15) is 0 Å². The Kier molecular flexibility index (Phi) is 13.3. The van der Waals surface area contributed by atoms with Crippen LogP contribution in [0.2, 0.25) is 0 Å². The third-order valence-electron chi connectivity index (χ3n) is 1.96. The summed E-state index contributed by atoms with van der Waals surface area (Å²) in [6, 6.07) is 0. The fourth-order valence-electron chi connectivity index (χ4n) is 1.49. The number of rotatable bonds is 0. The zero-order valence-electron chi connectivity index (χ0n) is 9.98. The maximum atomic E-state index is 2.35. The largest absolute Gasteiger partial charge is 0.0683 e. The second-order valence-electron chi connectivity index (χ2n) is 3.73. The highest BCUT2D eigenvalue weighted by atomic mass is 14.2. The van der Waals surface area contributed by atoms with E-state index in [9.17, 15) is 0 Å². The molecule has 0 heteroatoms. The second kappa shape index (κ2) is 11.0. The number of hydrogen-bond acceptors (Lipinski definition) is 0. The van der Waals surface area contributed by atoms with Gasteiger partial charge in [-0.15, -0.1) is 0 Å². The standard InChI is InChI=1S/C7H14.C3H8.C2H6/c1-6-3-4-7(2)5-6;1-3-2;1-2/h6-7H,3-5H2,1-2H3;3H2,1-2H3;1-2H3. The van der Waals surface area contributed by atoms with Crippen LogP contribution in [0.3, 0.4) is 0 Å². The third kappa shape index (κ3) is 10.0. The Morgan fingerprint density at radius 2 is 1.17 bits per heavy atom. The minimum Gasteiger partial charge on any atom is -0.0683 e. The summed E-state index contributed by atoms with van der Waals surface area (Å²) in [7, 11) is 0. The molecule has 12 heavy (non-hydrogen) atoms. The van der Waals surface area contributed by atoms with Crippen LogP contribution in [0.15, 0.2) is 0 Å². The second-order valence-corrected chi connectivity index (χ2v) is 3.73. The summed E-state index contributed by atoms with van der Waals surface area (Å²) >= 11 is 0. The zero-order chi connectivity index (χ0) is 9.98. The average Bonchev–Trinajstić information content (AvgIpc) is 2.40. The van der Waals surface area contributed by atoms with Crippen molar-refractivity contribution in [2.45, 2.75) is 67.2 Å². The van der Waals surface area contributed by atoms with Gasteiger partial charge in [0.15, 0.2) is 0 Å². The van der Waals surface area contributed by atoms with Crippen molar-refractivity contribution >= 4 is 0 Å². The van der Waals surface area contributed by atoms with E-state index in [-0.39, 0.29) is 0 Å². The van der Waals surface area contributed by atoms with Crippen LogP contribution in [0.1, 0.15) is 67.2 Å². The lowest BCUT2D eigenvalue weighted by molar-refractivity contribution is 0.555. The summed E-state index contributed by atoms with van der Waals surface area (Å²) in [5.41, 5.74) is 0. The van der Waals surface area contributed by atoms with E-state index >= 15 is 0 Å². The van der Waals surface area contributed by atoms with E-state index in [4.69, 9.17) is 0 Å². The van der Waals surface area contributed by atoms with Crippen molar-refractivity contribution in [3.63, 3.8) is 0 Å². The van der Waals surface area contributed by atoms with Crippen molar-refractivity contribution in [3.05, 3.63) is 0 Å². The molecular formula is C12H28. The van der Waals surface area contributed by atoms with E-state index in [0.29, 0.717) is 0 Å². The molecule has 0 N–H and O–H groups in total. The smallest absolute Gasteiger partial charge is 0.0440 e. The molecule has 0 bridgehead atoms. The first kappa shape index (κ1) is 14.5. The van der Waals surface area contributed by atoms with Crippen molar-refractivity contribution in [2.75, 3.05) is 0 Å². The summed E-state index contributed by atoms with van der Waals surface area (Å²) in [6.45, 7) is 13.0. The summed E-state index contributed by atoms with van der Waals surface area (Å²) in [5.74, 6) is 2.05. The summed E-state index contributed by atoms with van der Waals surface area (Å²) in [6.07, 6.45) is 5.67. The predicted molar refractivity (Wildman–Crippen MR) is 59.5 cm³/mol. The highest BCUT2D eigenvalue weighted by Gasteiger charge is 2.15. The molecule has 1 aliphatic carbocycles. The van der Waals surface area contributed by atoms with Crippen molar-refractivity contribution in [1.82, 2.24) is 0 Å². The first-order chi connectivity index (χ1) is 5.70. The van der Waals surface area contributed by atoms with E-state index in [1.54, 1.807) is 0 Å². The minimum absolute atomic E-state index is 1.02. The van der Waals surface area contributed by atoms with Gasteiger partial charge < -0.3 is 0 Å². The highest BCUT2D eigenvalue weighted by molar-refractivity contribution is 4.68. The molecule has 0 aromatic rings. The van der Waals surface area contributed by atoms with Crippen LogP contribution in [0.4, 0.5) is 0 Å². The Morgan fingerprint density at radius 1 is 0.917 bits per heavy atom. The maximum absolute atomic E-state index is 2.35. The van der Waals surface area contributed by atoms with E-state index in [0.717, 1.165) is 11.8 Å². The van der Waals surface area contributed by atoms with E-state index in [1.165, 1.54) is 25.7 Å². The molecule has 0 nitrogen and oxygen atoms in total. The van der Waals surface area contributed by atoms with Gasteiger partial charge in [-0.2, -0.15) is 0 Å². The van der Waals surface area contributed by atoms with Crippen molar-refractivity contribution in [2.24, 2.45) is 11.8 Å². The summed E-state index contributed by atoms with van der Waals surface area (Å²) in [4.78, 5) is 0. The van der Waals surface area contributed by atoms with Gasteiger partial charge in [0.25, 0.3) is 0 Å². The first-order valence-corrected chi connectivity index (χ1v) is 5.70. The van der Waals surface area contributed by atoms with Crippen molar-refractivity contribution in [1.29, 1.82) is 0 Å². The third-order valence-corrected chi connectivity index (χ3v) is 1.96.